The number of ketones is 1. The first-order valence-electron chi connectivity index (χ1n) is 10.8. The van der Waals surface area contributed by atoms with Crippen LogP contribution in [-0.2, 0) is 9.59 Å². The van der Waals surface area contributed by atoms with Gasteiger partial charge in [0.15, 0.2) is 5.13 Å². The Morgan fingerprint density at radius 3 is 2.69 bits per heavy atom. The van der Waals surface area contributed by atoms with E-state index in [1.807, 2.05) is 6.92 Å². The molecule has 1 unspecified atom stereocenters. The van der Waals surface area contributed by atoms with Crippen molar-refractivity contribution in [1.29, 1.82) is 0 Å². The maximum absolute atomic E-state index is 13.8. The Morgan fingerprint density at radius 1 is 1.11 bits per heavy atom. The molecule has 0 radical (unpaired) electrons. The number of Topliss-reactive ketones (excluding diaryl/α,β-unsaturated/α-hetero) is 1. The molecule has 9 heteroatoms. The smallest absolute Gasteiger partial charge is 0.301 e. The van der Waals surface area contributed by atoms with E-state index >= 15 is 0 Å². The minimum absolute atomic E-state index is 0.0715. The average Bonchev–Trinajstić information content (AvgIpc) is 3.37. The van der Waals surface area contributed by atoms with Gasteiger partial charge in [0.05, 0.1) is 28.4 Å². The first kappa shape index (κ1) is 22.5. The lowest BCUT2D eigenvalue weighted by molar-refractivity contribution is -0.132. The lowest BCUT2D eigenvalue weighted by Crippen LogP contribution is -2.29. The number of ether oxygens (including phenoxy) is 1. The molecule has 7 nitrogen and oxygen atoms in total. The van der Waals surface area contributed by atoms with Crippen molar-refractivity contribution in [3.05, 3.63) is 89.2 Å². The van der Waals surface area contributed by atoms with E-state index < -0.39 is 23.5 Å². The molecule has 5 rings (SSSR count). The van der Waals surface area contributed by atoms with Crippen LogP contribution in [0.15, 0.2) is 72.3 Å². The summed E-state index contributed by atoms with van der Waals surface area (Å²) in [6, 6.07) is 15.6. The van der Waals surface area contributed by atoms with Gasteiger partial charge in [-0.3, -0.25) is 14.5 Å². The van der Waals surface area contributed by atoms with Gasteiger partial charge in [0.1, 0.15) is 23.1 Å². The molecule has 0 aliphatic carbocycles. The highest BCUT2D eigenvalue weighted by atomic mass is 32.1. The molecule has 1 saturated heterocycles. The fraction of sp³-hybridized carbons (Fsp3) is 0.115. The van der Waals surface area contributed by atoms with Gasteiger partial charge in [0.2, 0.25) is 0 Å². The number of aromatic nitrogens is 1. The molecule has 35 heavy (non-hydrogen) atoms. The van der Waals surface area contributed by atoms with Gasteiger partial charge in [-0.1, -0.05) is 35.6 Å². The molecule has 3 aromatic carbocycles. The van der Waals surface area contributed by atoms with E-state index in [0.29, 0.717) is 33.7 Å². The predicted molar refractivity (Wildman–Crippen MR) is 130 cm³/mol. The van der Waals surface area contributed by atoms with Crippen molar-refractivity contribution in [3.63, 3.8) is 0 Å². The number of hydrogen-bond donors (Lipinski definition) is 2. The van der Waals surface area contributed by atoms with Crippen LogP contribution < -0.4 is 9.64 Å². The number of anilines is 1. The Balaban J connectivity index is 1.72. The molecule has 1 amide bonds. The summed E-state index contributed by atoms with van der Waals surface area (Å²) in [6.45, 7) is 2.24. The topological polar surface area (TPSA) is 100.0 Å². The zero-order valence-electron chi connectivity index (χ0n) is 18.4. The molecule has 2 N–H and O–H groups in total. The molecule has 1 fully saturated rings. The first-order valence-corrected chi connectivity index (χ1v) is 11.6. The van der Waals surface area contributed by atoms with Crippen LogP contribution in [0.3, 0.4) is 0 Å². The average molecular weight is 491 g/mol. The summed E-state index contributed by atoms with van der Waals surface area (Å²) in [4.78, 5) is 32.2. The lowest BCUT2D eigenvalue weighted by Gasteiger charge is -2.23. The Morgan fingerprint density at radius 2 is 1.91 bits per heavy atom. The number of rotatable bonds is 5. The van der Waals surface area contributed by atoms with Crippen LogP contribution in [0.4, 0.5) is 9.52 Å². The van der Waals surface area contributed by atoms with Gasteiger partial charge in [0, 0.05) is 5.56 Å². The van der Waals surface area contributed by atoms with Crippen molar-refractivity contribution in [2.75, 3.05) is 11.5 Å². The van der Waals surface area contributed by atoms with Crippen LogP contribution in [-0.4, -0.2) is 33.5 Å². The summed E-state index contributed by atoms with van der Waals surface area (Å²) in [5, 5.41) is 21.5. The van der Waals surface area contributed by atoms with Gasteiger partial charge in [-0.2, -0.15) is 0 Å². The van der Waals surface area contributed by atoms with Gasteiger partial charge >= 0.3 is 5.91 Å². The molecular weight excluding hydrogens is 471 g/mol. The Hall–Kier alpha value is -4.24. The second-order valence-corrected chi connectivity index (χ2v) is 8.84. The van der Waals surface area contributed by atoms with E-state index in [1.54, 1.807) is 36.4 Å². The van der Waals surface area contributed by atoms with Crippen LogP contribution >= 0.6 is 11.3 Å². The fourth-order valence-corrected chi connectivity index (χ4v) is 5.10. The van der Waals surface area contributed by atoms with Crippen molar-refractivity contribution in [2.45, 2.75) is 13.0 Å². The van der Waals surface area contributed by atoms with Gasteiger partial charge in [-0.15, -0.1) is 0 Å². The Labute approximate surface area is 203 Å². The molecule has 1 aromatic heterocycles. The van der Waals surface area contributed by atoms with E-state index in [-0.39, 0.29) is 22.2 Å². The lowest BCUT2D eigenvalue weighted by atomic mass is 9.95. The first-order chi connectivity index (χ1) is 16.9. The Kier molecular flexibility index (Phi) is 5.70. The maximum Gasteiger partial charge on any atom is 0.301 e. The zero-order chi connectivity index (χ0) is 24.7. The number of aliphatic hydroxyl groups excluding tert-OH is 1. The molecule has 4 aromatic rings. The molecule has 2 heterocycles. The highest BCUT2D eigenvalue weighted by molar-refractivity contribution is 7.22. The number of fused-ring (bicyclic) bond motifs is 1. The van der Waals surface area contributed by atoms with Crippen LogP contribution in [0.1, 0.15) is 24.1 Å². The van der Waals surface area contributed by atoms with Gasteiger partial charge in [0.25, 0.3) is 5.78 Å². The number of aliphatic hydroxyl groups is 1. The zero-order valence-corrected chi connectivity index (χ0v) is 19.3. The van der Waals surface area contributed by atoms with E-state index in [9.17, 15) is 24.2 Å². The molecule has 0 saturated carbocycles. The molecule has 0 bridgehead atoms. The standard InChI is InChI=1S/C26H19FN2O5S/c1-2-34-18-8-4-6-15(12-18)23(31)21-22(14-5-3-7-17(30)11-14)29(25(33)24(21)32)26-28-19-10-9-16(27)13-20(19)35-26/h3-13,22,30-31H,2H2,1H3/b23-21+. The minimum atomic E-state index is -1.07. The minimum Gasteiger partial charge on any atom is -0.508 e. The summed E-state index contributed by atoms with van der Waals surface area (Å²) in [5.41, 5.74) is 1.01. The summed E-state index contributed by atoms with van der Waals surface area (Å²) < 4.78 is 19.8. The van der Waals surface area contributed by atoms with Crippen molar-refractivity contribution in [3.8, 4) is 11.5 Å². The largest absolute Gasteiger partial charge is 0.508 e. The number of nitrogens with zero attached hydrogens (tertiary/aromatic N) is 2. The molecule has 176 valence electrons. The number of phenols is 1. The third-order valence-electron chi connectivity index (χ3n) is 5.59. The Bertz CT molecular complexity index is 1510. The van der Waals surface area contributed by atoms with Crippen LogP contribution in [0.2, 0.25) is 0 Å². The predicted octanol–water partition coefficient (Wildman–Crippen LogP) is 5.17. The number of carbonyl (C=O) groups excluding carboxylic acids is 2. The quantitative estimate of drug-likeness (QED) is 0.228. The van der Waals surface area contributed by atoms with E-state index in [2.05, 4.69) is 4.98 Å². The number of hydrogen-bond acceptors (Lipinski definition) is 7. The SMILES string of the molecule is CCOc1cccc(/C(O)=C2\C(=O)C(=O)N(c3nc4ccc(F)cc4s3)C2c2cccc(O)c2)c1. The summed E-state index contributed by atoms with van der Waals surface area (Å²) >= 11 is 1.05. The van der Waals surface area contributed by atoms with Crippen molar-refractivity contribution >= 4 is 44.1 Å². The molecule has 1 atom stereocenters. The van der Waals surface area contributed by atoms with Crippen molar-refractivity contribution in [2.24, 2.45) is 0 Å². The van der Waals surface area contributed by atoms with Crippen LogP contribution in [0.25, 0.3) is 16.0 Å². The van der Waals surface area contributed by atoms with E-state index in [4.69, 9.17) is 4.74 Å². The van der Waals surface area contributed by atoms with E-state index in [1.165, 1.54) is 35.2 Å². The van der Waals surface area contributed by atoms with Crippen LogP contribution in [0.5, 0.6) is 11.5 Å². The maximum atomic E-state index is 13.8. The monoisotopic (exact) mass is 490 g/mol. The second-order valence-electron chi connectivity index (χ2n) is 7.83. The fourth-order valence-electron chi connectivity index (χ4n) is 4.08. The number of amides is 1. The number of carbonyl (C=O) groups is 2. The summed E-state index contributed by atoms with van der Waals surface area (Å²) in [5.74, 6) is -2.20. The number of thiazole rings is 1. The second kappa shape index (κ2) is 8.84. The number of benzene rings is 3. The van der Waals surface area contributed by atoms with Crippen LogP contribution in [0, 0.1) is 5.82 Å². The van der Waals surface area contributed by atoms with Gasteiger partial charge in [-0.05, 0) is 55.0 Å². The molecule has 1 aliphatic rings. The number of aromatic hydroxyl groups is 1. The van der Waals surface area contributed by atoms with Crippen molar-refractivity contribution in [1.82, 2.24) is 4.98 Å². The van der Waals surface area contributed by atoms with Gasteiger partial charge < -0.3 is 14.9 Å². The molecular formula is C26H19FN2O5S. The number of phenolic OH excluding ortho intramolecular Hbond substituents is 1. The third kappa shape index (κ3) is 4.00. The molecule has 1 aliphatic heterocycles. The van der Waals surface area contributed by atoms with E-state index in [0.717, 1.165) is 11.3 Å². The third-order valence-corrected chi connectivity index (χ3v) is 6.61. The van der Waals surface area contributed by atoms with Crippen molar-refractivity contribution < 1.29 is 28.9 Å². The summed E-state index contributed by atoms with van der Waals surface area (Å²) in [6.07, 6.45) is 0. The normalized spacial score (nSPS) is 17.3. The highest BCUT2D eigenvalue weighted by Gasteiger charge is 2.48. The highest BCUT2D eigenvalue weighted by Crippen LogP contribution is 2.45. The van der Waals surface area contributed by atoms with Gasteiger partial charge in [-0.25, -0.2) is 9.37 Å². The summed E-state index contributed by atoms with van der Waals surface area (Å²) in [7, 11) is 0. The number of halogens is 1. The molecule has 0 spiro atoms.